The van der Waals surface area contributed by atoms with Gasteiger partial charge in [0.25, 0.3) is 0 Å². The van der Waals surface area contributed by atoms with E-state index in [-0.39, 0.29) is 0 Å². The lowest BCUT2D eigenvalue weighted by Gasteiger charge is -2.12. The number of unbranched alkanes of at least 4 members (excludes halogenated alkanes) is 6. The van der Waals surface area contributed by atoms with E-state index in [0.717, 1.165) is 35.8 Å². The predicted octanol–water partition coefficient (Wildman–Crippen LogP) is 7.31. The van der Waals surface area contributed by atoms with Gasteiger partial charge in [-0.2, -0.15) is 5.10 Å². The molecule has 0 aliphatic rings. The Morgan fingerprint density at radius 1 is 0.897 bits per heavy atom. The second-order valence-electron chi connectivity index (χ2n) is 6.99. The highest BCUT2D eigenvalue weighted by molar-refractivity contribution is 6.30. The molecule has 0 amide bonds. The number of rotatable bonds is 14. The Morgan fingerprint density at radius 3 is 2.45 bits per heavy atom. The highest BCUT2D eigenvalue weighted by atomic mass is 35.5. The number of ether oxygens (including phenoxy) is 2. The summed E-state index contributed by atoms with van der Waals surface area (Å²) in [5.41, 5.74) is 4.76. The summed E-state index contributed by atoms with van der Waals surface area (Å²) in [7, 11) is 0. The van der Waals surface area contributed by atoms with Crippen LogP contribution in [0.25, 0.3) is 0 Å². The molecule has 29 heavy (non-hydrogen) atoms. The van der Waals surface area contributed by atoms with Crippen molar-refractivity contribution in [2.24, 2.45) is 5.10 Å². The standard InChI is InChI=1S/C24H33ClN2O2/c1-3-5-6-7-8-9-10-16-29-23-15-14-20(17-24(23)28-4-2)19-26-27-22-13-11-12-21(25)18-22/h11-15,17-19,27H,3-10,16H2,1-2H3. The van der Waals surface area contributed by atoms with Crippen molar-refractivity contribution in [3.63, 3.8) is 0 Å². The van der Waals surface area contributed by atoms with E-state index in [9.17, 15) is 0 Å². The Bertz CT molecular complexity index is 749. The fraction of sp³-hybridized carbons (Fsp3) is 0.458. The topological polar surface area (TPSA) is 42.8 Å². The van der Waals surface area contributed by atoms with Crippen LogP contribution in [0.1, 0.15) is 64.4 Å². The van der Waals surface area contributed by atoms with E-state index in [2.05, 4.69) is 17.5 Å². The molecule has 1 N–H and O–H groups in total. The molecule has 0 radical (unpaired) electrons. The first-order valence-corrected chi connectivity index (χ1v) is 11.0. The van der Waals surface area contributed by atoms with Gasteiger partial charge in [-0.25, -0.2) is 0 Å². The third-order valence-electron chi connectivity index (χ3n) is 4.50. The molecule has 0 aliphatic carbocycles. The minimum atomic E-state index is 0.592. The van der Waals surface area contributed by atoms with Gasteiger partial charge in [0.1, 0.15) is 0 Å². The zero-order valence-corrected chi connectivity index (χ0v) is 18.4. The molecule has 2 aromatic rings. The monoisotopic (exact) mass is 416 g/mol. The van der Waals surface area contributed by atoms with E-state index in [1.54, 1.807) is 6.21 Å². The van der Waals surface area contributed by atoms with Crippen LogP contribution in [0.3, 0.4) is 0 Å². The summed E-state index contributed by atoms with van der Waals surface area (Å²) in [6, 6.07) is 13.3. The van der Waals surface area contributed by atoms with Crippen LogP contribution in [-0.2, 0) is 0 Å². The quantitative estimate of drug-likeness (QED) is 0.199. The van der Waals surface area contributed by atoms with Crippen molar-refractivity contribution in [1.29, 1.82) is 0 Å². The zero-order chi connectivity index (χ0) is 20.7. The molecule has 0 heterocycles. The molecule has 0 bridgehead atoms. The molecule has 4 nitrogen and oxygen atoms in total. The molecule has 0 fully saturated rings. The van der Waals surface area contributed by atoms with E-state index in [4.69, 9.17) is 21.1 Å². The predicted molar refractivity (Wildman–Crippen MR) is 124 cm³/mol. The summed E-state index contributed by atoms with van der Waals surface area (Å²) >= 11 is 5.98. The molecule has 5 heteroatoms. The van der Waals surface area contributed by atoms with Gasteiger partial charge in [-0.05, 0) is 55.3 Å². The maximum absolute atomic E-state index is 5.98. The molecule has 0 spiro atoms. The van der Waals surface area contributed by atoms with Crippen molar-refractivity contribution in [2.75, 3.05) is 18.6 Å². The van der Waals surface area contributed by atoms with E-state index in [1.807, 2.05) is 49.4 Å². The van der Waals surface area contributed by atoms with Gasteiger partial charge in [-0.15, -0.1) is 0 Å². The van der Waals surface area contributed by atoms with E-state index in [0.29, 0.717) is 11.6 Å². The highest BCUT2D eigenvalue weighted by Crippen LogP contribution is 2.28. The zero-order valence-electron chi connectivity index (χ0n) is 17.6. The molecule has 0 atom stereocenters. The van der Waals surface area contributed by atoms with Crippen molar-refractivity contribution in [2.45, 2.75) is 58.8 Å². The number of halogens is 1. The maximum Gasteiger partial charge on any atom is 0.161 e. The minimum Gasteiger partial charge on any atom is -0.490 e. The molecule has 158 valence electrons. The number of benzene rings is 2. The van der Waals surface area contributed by atoms with Crippen LogP contribution in [0.15, 0.2) is 47.6 Å². The summed E-state index contributed by atoms with van der Waals surface area (Å²) in [5.74, 6) is 1.54. The molecular formula is C24H33ClN2O2. The van der Waals surface area contributed by atoms with Gasteiger partial charge in [0, 0.05) is 5.02 Å². The SMILES string of the molecule is CCCCCCCCCOc1ccc(C=NNc2cccc(Cl)c2)cc1OCC. The third-order valence-corrected chi connectivity index (χ3v) is 4.74. The molecular weight excluding hydrogens is 384 g/mol. The molecule has 0 unspecified atom stereocenters. The molecule has 2 rings (SSSR count). The van der Waals surface area contributed by atoms with Crippen molar-refractivity contribution >= 4 is 23.5 Å². The third kappa shape index (κ3) is 9.23. The number of hydrogen-bond donors (Lipinski definition) is 1. The maximum atomic E-state index is 5.98. The van der Waals surface area contributed by atoms with Crippen molar-refractivity contribution in [3.05, 3.63) is 53.1 Å². The number of nitrogens with zero attached hydrogens (tertiary/aromatic N) is 1. The summed E-state index contributed by atoms with van der Waals surface area (Å²) in [4.78, 5) is 0. The molecule has 2 aromatic carbocycles. The van der Waals surface area contributed by atoms with Crippen LogP contribution >= 0.6 is 11.6 Å². The van der Waals surface area contributed by atoms with E-state index in [1.165, 1.54) is 38.5 Å². The molecule has 0 aliphatic heterocycles. The Balaban J connectivity index is 1.83. The normalized spacial score (nSPS) is 11.0. The van der Waals surface area contributed by atoms with Gasteiger partial charge >= 0.3 is 0 Å². The smallest absolute Gasteiger partial charge is 0.161 e. The van der Waals surface area contributed by atoms with Gasteiger partial charge < -0.3 is 9.47 Å². The first-order chi connectivity index (χ1) is 14.2. The molecule has 0 saturated heterocycles. The Labute approximate surface area is 180 Å². The second kappa shape index (κ2) is 13.9. The highest BCUT2D eigenvalue weighted by Gasteiger charge is 2.06. The van der Waals surface area contributed by atoms with Crippen molar-refractivity contribution in [1.82, 2.24) is 0 Å². The minimum absolute atomic E-state index is 0.592. The number of hydrogen-bond acceptors (Lipinski definition) is 4. The summed E-state index contributed by atoms with van der Waals surface area (Å²) in [6.07, 6.45) is 10.6. The largest absolute Gasteiger partial charge is 0.490 e. The summed E-state index contributed by atoms with van der Waals surface area (Å²) < 4.78 is 11.7. The van der Waals surface area contributed by atoms with Gasteiger partial charge in [-0.3, -0.25) is 5.43 Å². The van der Waals surface area contributed by atoms with Crippen LogP contribution in [-0.4, -0.2) is 19.4 Å². The first-order valence-electron chi connectivity index (χ1n) is 10.7. The fourth-order valence-electron chi connectivity index (χ4n) is 2.97. The summed E-state index contributed by atoms with van der Waals surface area (Å²) in [6.45, 7) is 5.53. The molecule has 0 saturated carbocycles. The van der Waals surface area contributed by atoms with Gasteiger partial charge in [0.2, 0.25) is 0 Å². The second-order valence-corrected chi connectivity index (χ2v) is 7.43. The van der Waals surface area contributed by atoms with Gasteiger partial charge in [0.15, 0.2) is 11.5 Å². The van der Waals surface area contributed by atoms with Crippen molar-refractivity contribution < 1.29 is 9.47 Å². The van der Waals surface area contributed by atoms with Gasteiger partial charge in [0.05, 0.1) is 25.1 Å². The number of anilines is 1. The average molecular weight is 417 g/mol. The van der Waals surface area contributed by atoms with Crippen LogP contribution in [0.2, 0.25) is 5.02 Å². The van der Waals surface area contributed by atoms with Crippen molar-refractivity contribution in [3.8, 4) is 11.5 Å². The lowest BCUT2D eigenvalue weighted by molar-refractivity contribution is 0.270. The van der Waals surface area contributed by atoms with Crippen LogP contribution in [0.4, 0.5) is 5.69 Å². The fourth-order valence-corrected chi connectivity index (χ4v) is 3.16. The average Bonchev–Trinajstić information content (AvgIpc) is 2.71. The van der Waals surface area contributed by atoms with Gasteiger partial charge in [-0.1, -0.05) is 63.1 Å². The van der Waals surface area contributed by atoms with E-state index >= 15 is 0 Å². The molecule has 0 aromatic heterocycles. The Kier molecular flexibility index (Phi) is 11.1. The van der Waals surface area contributed by atoms with Crippen LogP contribution < -0.4 is 14.9 Å². The number of nitrogens with one attached hydrogen (secondary N) is 1. The first kappa shape index (κ1) is 23.1. The lowest BCUT2D eigenvalue weighted by Crippen LogP contribution is -2.02. The Morgan fingerprint density at radius 2 is 1.69 bits per heavy atom. The summed E-state index contributed by atoms with van der Waals surface area (Å²) in [5, 5.41) is 4.94. The van der Waals surface area contributed by atoms with Crippen LogP contribution in [0.5, 0.6) is 11.5 Å². The van der Waals surface area contributed by atoms with E-state index < -0.39 is 0 Å². The Hall–Kier alpha value is -2.20. The van der Waals surface area contributed by atoms with Crippen LogP contribution in [0, 0.1) is 0 Å². The number of hydrazone groups is 1. The lowest BCUT2D eigenvalue weighted by atomic mass is 10.1.